The first-order valence-corrected chi connectivity index (χ1v) is 7.34. The van der Waals surface area contributed by atoms with E-state index < -0.39 is 6.10 Å². The molecule has 0 spiro atoms. The molecule has 1 unspecified atom stereocenters. The summed E-state index contributed by atoms with van der Waals surface area (Å²) in [5, 5.41) is 12.8. The smallest absolute Gasteiger partial charge is 0.246 e. The summed E-state index contributed by atoms with van der Waals surface area (Å²) in [4.78, 5) is 11.6. The lowest BCUT2D eigenvalue weighted by molar-refractivity contribution is -0.126. The Morgan fingerprint density at radius 3 is 2.73 bits per heavy atom. The summed E-state index contributed by atoms with van der Waals surface area (Å²) in [5.41, 5.74) is 1.88. The number of aryl methyl sites for hydroxylation is 1. The highest BCUT2D eigenvalue weighted by Gasteiger charge is 2.10. The van der Waals surface area contributed by atoms with Crippen LogP contribution < -0.4 is 5.32 Å². The predicted molar refractivity (Wildman–Crippen MR) is 84.1 cm³/mol. The number of nitrogens with zero attached hydrogens (tertiary/aromatic N) is 1. The number of aromatic nitrogens is 1. The zero-order chi connectivity index (χ0) is 15.8. The molecule has 1 atom stereocenters. The Morgan fingerprint density at radius 1 is 1.27 bits per heavy atom. The molecule has 0 bridgehead atoms. The van der Waals surface area contributed by atoms with Gasteiger partial charge >= 0.3 is 0 Å². The number of rotatable bonds is 8. The van der Waals surface area contributed by atoms with Gasteiger partial charge < -0.3 is 19.7 Å². The molecule has 118 valence electrons. The SMILES string of the molecule is Cn1cccc1C(O)CCNC(=O)COCc1ccccc1. The molecular formula is C17H22N2O3. The fourth-order valence-corrected chi connectivity index (χ4v) is 2.20. The molecule has 2 rings (SSSR count). The number of nitrogens with one attached hydrogen (secondary N) is 1. The molecule has 22 heavy (non-hydrogen) atoms. The van der Waals surface area contributed by atoms with Crippen LogP contribution in [0.25, 0.3) is 0 Å². The van der Waals surface area contributed by atoms with Crippen LogP contribution in [0.4, 0.5) is 0 Å². The molecule has 1 aromatic heterocycles. The highest BCUT2D eigenvalue weighted by Crippen LogP contribution is 2.15. The highest BCUT2D eigenvalue weighted by molar-refractivity contribution is 5.77. The third-order valence-corrected chi connectivity index (χ3v) is 3.41. The van der Waals surface area contributed by atoms with Crippen LogP contribution in [-0.2, 0) is 23.2 Å². The zero-order valence-corrected chi connectivity index (χ0v) is 12.7. The first kappa shape index (κ1) is 16.3. The van der Waals surface area contributed by atoms with E-state index in [-0.39, 0.29) is 12.5 Å². The number of carbonyl (C=O) groups is 1. The number of aliphatic hydroxyl groups is 1. The highest BCUT2D eigenvalue weighted by atomic mass is 16.5. The molecule has 1 aromatic carbocycles. The third kappa shape index (κ3) is 5.02. The van der Waals surface area contributed by atoms with Crippen molar-refractivity contribution in [1.29, 1.82) is 0 Å². The van der Waals surface area contributed by atoms with Crippen LogP contribution in [0.3, 0.4) is 0 Å². The van der Waals surface area contributed by atoms with Crippen molar-refractivity contribution in [2.75, 3.05) is 13.2 Å². The molecule has 0 aliphatic carbocycles. The van der Waals surface area contributed by atoms with Gasteiger partial charge in [0.2, 0.25) is 5.91 Å². The van der Waals surface area contributed by atoms with Crippen LogP contribution in [0, 0.1) is 0 Å². The molecule has 5 heteroatoms. The molecule has 0 radical (unpaired) electrons. The van der Waals surface area contributed by atoms with E-state index in [9.17, 15) is 9.90 Å². The van der Waals surface area contributed by atoms with Gasteiger partial charge in [0.05, 0.1) is 12.7 Å². The Morgan fingerprint density at radius 2 is 2.05 bits per heavy atom. The number of amides is 1. The van der Waals surface area contributed by atoms with E-state index in [4.69, 9.17) is 4.74 Å². The Hall–Kier alpha value is -2.11. The topological polar surface area (TPSA) is 63.5 Å². The van der Waals surface area contributed by atoms with Crippen LogP contribution in [0.5, 0.6) is 0 Å². The van der Waals surface area contributed by atoms with Gasteiger partial charge in [0.15, 0.2) is 0 Å². The van der Waals surface area contributed by atoms with Crippen LogP contribution in [0.15, 0.2) is 48.7 Å². The summed E-state index contributed by atoms with van der Waals surface area (Å²) < 4.78 is 7.22. The standard InChI is InChI=1S/C17H22N2O3/c1-19-11-5-8-15(19)16(20)9-10-18-17(21)13-22-12-14-6-3-2-4-7-14/h2-8,11,16,20H,9-10,12-13H2,1H3,(H,18,21). The van der Waals surface area contributed by atoms with Crippen molar-refractivity contribution in [2.24, 2.45) is 7.05 Å². The van der Waals surface area contributed by atoms with Crippen molar-refractivity contribution in [3.63, 3.8) is 0 Å². The van der Waals surface area contributed by atoms with Gasteiger partial charge in [-0.05, 0) is 24.1 Å². The minimum absolute atomic E-state index is 0.0230. The summed E-state index contributed by atoms with van der Waals surface area (Å²) in [6.45, 7) is 0.856. The Labute approximate surface area is 130 Å². The summed E-state index contributed by atoms with van der Waals surface area (Å²) in [5.74, 6) is -0.171. The van der Waals surface area contributed by atoms with Crippen LogP contribution in [0.1, 0.15) is 23.8 Å². The summed E-state index contributed by atoms with van der Waals surface area (Å²) >= 11 is 0. The molecule has 0 saturated carbocycles. The lowest BCUT2D eigenvalue weighted by atomic mass is 10.2. The number of hydrogen-bond acceptors (Lipinski definition) is 3. The molecule has 1 amide bonds. The fourth-order valence-electron chi connectivity index (χ4n) is 2.20. The number of aliphatic hydroxyl groups excluding tert-OH is 1. The quantitative estimate of drug-likeness (QED) is 0.781. The first-order valence-electron chi connectivity index (χ1n) is 7.34. The monoisotopic (exact) mass is 302 g/mol. The fraction of sp³-hybridized carbons (Fsp3) is 0.353. The first-order chi connectivity index (χ1) is 10.7. The van der Waals surface area contributed by atoms with Gasteiger partial charge in [0, 0.05) is 25.5 Å². The second kappa shape index (κ2) is 8.36. The van der Waals surface area contributed by atoms with Gasteiger partial charge in [-0.3, -0.25) is 4.79 Å². The number of carbonyl (C=O) groups excluding carboxylic acids is 1. The molecule has 0 aliphatic rings. The van der Waals surface area contributed by atoms with E-state index >= 15 is 0 Å². The summed E-state index contributed by atoms with van der Waals surface area (Å²) in [7, 11) is 1.88. The normalized spacial score (nSPS) is 12.1. The second-order valence-corrected chi connectivity index (χ2v) is 5.18. The van der Waals surface area contributed by atoms with Crippen LogP contribution >= 0.6 is 0 Å². The van der Waals surface area contributed by atoms with E-state index in [2.05, 4.69) is 5.32 Å². The molecule has 0 fully saturated rings. The lowest BCUT2D eigenvalue weighted by Crippen LogP contribution is -2.29. The molecule has 2 N–H and O–H groups in total. The van der Waals surface area contributed by atoms with Gasteiger partial charge in [0.1, 0.15) is 6.61 Å². The van der Waals surface area contributed by atoms with E-state index in [1.54, 1.807) is 0 Å². The second-order valence-electron chi connectivity index (χ2n) is 5.18. The summed E-state index contributed by atoms with van der Waals surface area (Å²) in [6, 6.07) is 13.5. The van der Waals surface area contributed by atoms with E-state index in [0.717, 1.165) is 11.3 Å². The summed E-state index contributed by atoms with van der Waals surface area (Å²) in [6.07, 6.45) is 1.78. The maximum absolute atomic E-state index is 11.6. The lowest BCUT2D eigenvalue weighted by Gasteiger charge is -2.12. The Bertz CT molecular complexity index is 581. The molecule has 2 aromatic rings. The van der Waals surface area contributed by atoms with Gasteiger partial charge in [-0.15, -0.1) is 0 Å². The van der Waals surface area contributed by atoms with Crippen molar-refractivity contribution in [3.8, 4) is 0 Å². The van der Waals surface area contributed by atoms with Gasteiger partial charge in [-0.25, -0.2) is 0 Å². The Kier molecular flexibility index (Phi) is 6.18. The third-order valence-electron chi connectivity index (χ3n) is 3.41. The Balaban J connectivity index is 1.61. The van der Waals surface area contributed by atoms with Crippen molar-refractivity contribution >= 4 is 5.91 Å². The largest absolute Gasteiger partial charge is 0.387 e. The molecular weight excluding hydrogens is 280 g/mol. The van der Waals surface area contributed by atoms with Gasteiger partial charge in [0.25, 0.3) is 0 Å². The number of benzene rings is 1. The van der Waals surface area contributed by atoms with Crippen molar-refractivity contribution in [2.45, 2.75) is 19.1 Å². The van der Waals surface area contributed by atoms with Gasteiger partial charge in [-0.1, -0.05) is 30.3 Å². The maximum atomic E-state index is 11.6. The predicted octanol–water partition coefficient (Wildman–Crippen LogP) is 1.78. The average Bonchev–Trinajstić information content (AvgIpc) is 2.94. The zero-order valence-electron chi connectivity index (χ0n) is 12.7. The van der Waals surface area contributed by atoms with Crippen molar-refractivity contribution < 1.29 is 14.6 Å². The molecule has 0 saturated heterocycles. The molecule has 5 nitrogen and oxygen atoms in total. The molecule has 0 aliphatic heterocycles. The number of hydrogen-bond donors (Lipinski definition) is 2. The minimum Gasteiger partial charge on any atom is -0.387 e. The maximum Gasteiger partial charge on any atom is 0.246 e. The van der Waals surface area contributed by atoms with E-state index in [1.165, 1.54) is 0 Å². The average molecular weight is 302 g/mol. The van der Waals surface area contributed by atoms with Crippen LogP contribution in [-0.4, -0.2) is 28.7 Å². The van der Waals surface area contributed by atoms with E-state index in [1.807, 2.05) is 60.3 Å². The van der Waals surface area contributed by atoms with E-state index in [0.29, 0.717) is 19.6 Å². The van der Waals surface area contributed by atoms with Crippen molar-refractivity contribution in [3.05, 3.63) is 59.9 Å². The van der Waals surface area contributed by atoms with Crippen molar-refractivity contribution in [1.82, 2.24) is 9.88 Å². The minimum atomic E-state index is -0.578. The molecule has 1 heterocycles. The number of ether oxygens (including phenoxy) is 1. The van der Waals surface area contributed by atoms with Crippen LogP contribution in [0.2, 0.25) is 0 Å². The van der Waals surface area contributed by atoms with Gasteiger partial charge in [-0.2, -0.15) is 0 Å².